The highest BCUT2D eigenvalue weighted by molar-refractivity contribution is 5.83. The molecule has 1 N–H and O–H groups in total. The second-order valence-electron chi connectivity index (χ2n) is 4.60. The highest BCUT2D eigenvalue weighted by Crippen LogP contribution is 2.18. The van der Waals surface area contributed by atoms with E-state index in [-0.39, 0.29) is 31.0 Å². The maximum absolute atomic E-state index is 13.6. The van der Waals surface area contributed by atoms with E-state index in [2.05, 4.69) is 26.1 Å². The second-order valence-corrected chi connectivity index (χ2v) is 4.60. The summed E-state index contributed by atoms with van der Waals surface area (Å²) in [6.07, 6.45) is 6.27. The lowest BCUT2D eigenvalue weighted by molar-refractivity contribution is 0.167. The molecule has 0 spiro atoms. The number of allylic oxidation sites excluding steroid dienone is 2. The monoisotopic (exact) mass is 318 g/mol. The average molecular weight is 318 g/mol. The molecule has 1 aromatic heterocycles. The van der Waals surface area contributed by atoms with Gasteiger partial charge in [-0.1, -0.05) is 18.2 Å². The van der Waals surface area contributed by atoms with Crippen LogP contribution in [0.25, 0.3) is 0 Å². The summed E-state index contributed by atoms with van der Waals surface area (Å²) >= 11 is 0. The highest BCUT2D eigenvalue weighted by atomic mass is 19.1. The van der Waals surface area contributed by atoms with Gasteiger partial charge < -0.3 is 9.47 Å². The molecular weight excluding hydrogens is 303 g/mol. The fourth-order valence-electron chi connectivity index (χ4n) is 1.85. The summed E-state index contributed by atoms with van der Waals surface area (Å²) in [7, 11) is 0. The molecule has 0 bridgehead atoms. The lowest BCUT2D eigenvalue weighted by Gasteiger charge is -2.11. The molecule has 2 rings (SSSR count). The number of hydrogen-bond donors (Lipinski definition) is 1. The topological polar surface area (TPSA) is 97.1 Å². The van der Waals surface area contributed by atoms with Gasteiger partial charge in [0.2, 0.25) is 0 Å². The minimum atomic E-state index is -0.814. The summed E-state index contributed by atoms with van der Waals surface area (Å²) in [5.74, 6) is -1.31. The Morgan fingerprint density at radius 1 is 1.61 bits per heavy atom. The lowest BCUT2D eigenvalue weighted by Crippen LogP contribution is -2.16. The van der Waals surface area contributed by atoms with Crippen LogP contribution in [0.5, 0.6) is 6.01 Å². The van der Waals surface area contributed by atoms with Gasteiger partial charge in [-0.15, -0.1) is 0 Å². The number of anilines is 1. The van der Waals surface area contributed by atoms with Crippen LogP contribution in [0.3, 0.4) is 0 Å². The van der Waals surface area contributed by atoms with Crippen molar-refractivity contribution < 1.29 is 18.7 Å². The third kappa shape index (κ3) is 4.78. The maximum atomic E-state index is 13.6. The zero-order valence-electron chi connectivity index (χ0n) is 12.5. The first-order valence-electron chi connectivity index (χ1n) is 6.98. The number of nitriles is 1. The molecule has 1 aliphatic rings. The van der Waals surface area contributed by atoms with E-state index in [9.17, 15) is 9.18 Å². The number of hydrogen-bond acceptors (Lipinski definition) is 6. The van der Waals surface area contributed by atoms with E-state index in [1.54, 1.807) is 13.0 Å². The van der Waals surface area contributed by atoms with Crippen LogP contribution in [0.2, 0.25) is 0 Å². The summed E-state index contributed by atoms with van der Waals surface area (Å²) in [5, 5.41) is 11.1. The van der Waals surface area contributed by atoms with Crippen molar-refractivity contribution in [2.45, 2.75) is 13.3 Å². The Kier molecular flexibility index (Phi) is 5.63. The Bertz CT molecular complexity index is 682. The van der Waals surface area contributed by atoms with Gasteiger partial charge in [-0.2, -0.15) is 10.2 Å². The largest absolute Gasteiger partial charge is 0.459 e. The molecule has 1 aromatic rings. The van der Waals surface area contributed by atoms with Crippen molar-refractivity contribution in [3.63, 3.8) is 0 Å². The molecule has 0 aliphatic heterocycles. The van der Waals surface area contributed by atoms with E-state index in [0.29, 0.717) is 6.42 Å². The molecule has 1 amide bonds. The summed E-state index contributed by atoms with van der Waals surface area (Å²) in [6, 6.07) is 2.07. The Balaban J connectivity index is 2.01. The van der Waals surface area contributed by atoms with Crippen LogP contribution < -0.4 is 10.1 Å². The van der Waals surface area contributed by atoms with Crippen molar-refractivity contribution in [1.82, 2.24) is 9.97 Å². The minimum absolute atomic E-state index is 0.0911. The first-order chi connectivity index (χ1) is 11.1. The molecule has 8 heteroatoms. The third-order valence-electron chi connectivity index (χ3n) is 2.89. The molecular formula is C15H15FN4O3. The zero-order valence-corrected chi connectivity index (χ0v) is 12.5. The third-order valence-corrected chi connectivity index (χ3v) is 2.89. The van der Waals surface area contributed by atoms with Gasteiger partial charge in [0.25, 0.3) is 0 Å². The van der Waals surface area contributed by atoms with Gasteiger partial charge in [0, 0.05) is 0 Å². The van der Waals surface area contributed by atoms with Crippen LogP contribution >= 0.6 is 0 Å². The molecule has 1 heterocycles. The highest BCUT2D eigenvalue weighted by Gasteiger charge is 2.13. The van der Waals surface area contributed by atoms with Gasteiger partial charge in [0.05, 0.1) is 24.8 Å². The number of amides is 1. The van der Waals surface area contributed by atoms with Crippen LogP contribution in [-0.4, -0.2) is 29.3 Å². The van der Waals surface area contributed by atoms with E-state index in [1.165, 1.54) is 0 Å². The summed E-state index contributed by atoms with van der Waals surface area (Å²) in [6.45, 7) is 1.92. The Hall–Kier alpha value is -2.95. The molecule has 1 atom stereocenters. The van der Waals surface area contributed by atoms with Gasteiger partial charge in [-0.25, -0.2) is 14.2 Å². The van der Waals surface area contributed by atoms with Crippen LogP contribution in [0, 0.1) is 23.1 Å². The molecule has 0 saturated heterocycles. The molecule has 1 aliphatic carbocycles. The Morgan fingerprint density at radius 3 is 3.17 bits per heavy atom. The van der Waals surface area contributed by atoms with Crippen molar-refractivity contribution in [3.05, 3.63) is 35.8 Å². The number of nitrogens with one attached hydrogen (secondary N) is 1. The quantitative estimate of drug-likeness (QED) is 0.896. The molecule has 7 nitrogen and oxygen atoms in total. The smallest absolute Gasteiger partial charge is 0.412 e. The standard InChI is InChI=1S/C15H15FN4O3/c1-2-22-15(21)20-13-12(16)8-18-14(19-13)23-9-11-5-3-4-10(6-11)7-17/h3,5-6,8,10H,2,4,9H2,1H3,(H,18,19,20,21). The van der Waals surface area contributed by atoms with Crippen LogP contribution in [0.15, 0.2) is 30.0 Å². The molecule has 0 aromatic carbocycles. The second kappa shape index (κ2) is 7.89. The number of aromatic nitrogens is 2. The predicted molar refractivity (Wildman–Crippen MR) is 79.1 cm³/mol. The number of carbonyl (C=O) groups is 1. The SMILES string of the molecule is CCOC(=O)Nc1nc(OCC2=CC(C#N)CC=C2)ncc1F. The van der Waals surface area contributed by atoms with Crippen LogP contribution in [-0.2, 0) is 4.74 Å². The van der Waals surface area contributed by atoms with Crippen LogP contribution in [0.1, 0.15) is 13.3 Å². The average Bonchev–Trinajstić information content (AvgIpc) is 2.56. The Labute approximate surface area is 132 Å². The normalized spacial score (nSPS) is 16.2. The van der Waals surface area contributed by atoms with Crippen molar-refractivity contribution in [3.8, 4) is 12.1 Å². The van der Waals surface area contributed by atoms with Crippen molar-refractivity contribution in [2.24, 2.45) is 5.92 Å². The molecule has 120 valence electrons. The predicted octanol–water partition coefficient (Wildman–Crippen LogP) is 2.59. The van der Waals surface area contributed by atoms with Gasteiger partial charge in [0.1, 0.15) is 6.61 Å². The summed E-state index contributed by atoms with van der Waals surface area (Å²) in [5.41, 5.74) is 0.802. The first kappa shape index (κ1) is 16.4. The summed E-state index contributed by atoms with van der Waals surface area (Å²) < 4.78 is 23.6. The lowest BCUT2D eigenvalue weighted by atomic mass is 9.98. The van der Waals surface area contributed by atoms with E-state index in [1.807, 2.05) is 12.2 Å². The molecule has 1 unspecified atom stereocenters. The number of nitrogens with zero attached hydrogens (tertiary/aromatic N) is 3. The molecule has 0 radical (unpaired) electrons. The zero-order chi connectivity index (χ0) is 16.7. The van der Waals surface area contributed by atoms with Crippen molar-refractivity contribution in [2.75, 3.05) is 18.5 Å². The van der Waals surface area contributed by atoms with E-state index >= 15 is 0 Å². The molecule has 0 saturated carbocycles. The van der Waals surface area contributed by atoms with Gasteiger partial charge in [-0.05, 0) is 18.9 Å². The molecule has 0 fully saturated rings. The minimum Gasteiger partial charge on any atom is -0.459 e. The van der Waals surface area contributed by atoms with Gasteiger partial charge in [-0.3, -0.25) is 5.32 Å². The fraction of sp³-hybridized carbons (Fsp3) is 0.333. The number of ether oxygens (including phenoxy) is 2. The van der Waals surface area contributed by atoms with Gasteiger partial charge in [0.15, 0.2) is 11.6 Å². The number of carbonyl (C=O) groups excluding carboxylic acids is 1. The van der Waals surface area contributed by atoms with E-state index < -0.39 is 11.9 Å². The van der Waals surface area contributed by atoms with Crippen molar-refractivity contribution in [1.29, 1.82) is 5.26 Å². The first-order valence-corrected chi connectivity index (χ1v) is 6.98. The number of halogens is 1. The summed E-state index contributed by atoms with van der Waals surface area (Å²) in [4.78, 5) is 18.8. The van der Waals surface area contributed by atoms with Crippen molar-refractivity contribution >= 4 is 11.9 Å². The van der Waals surface area contributed by atoms with Gasteiger partial charge >= 0.3 is 12.1 Å². The number of rotatable bonds is 5. The molecule has 23 heavy (non-hydrogen) atoms. The van der Waals surface area contributed by atoms with E-state index in [4.69, 9.17) is 10.00 Å². The fourth-order valence-corrected chi connectivity index (χ4v) is 1.85. The Morgan fingerprint density at radius 2 is 2.43 bits per heavy atom. The van der Waals surface area contributed by atoms with Crippen LogP contribution in [0.4, 0.5) is 15.0 Å². The maximum Gasteiger partial charge on any atom is 0.412 e. The van der Waals surface area contributed by atoms with E-state index in [0.717, 1.165) is 11.8 Å².